The predicted octanol–water partition coefficient (Wildman–Crippen LogP) is 3.96. The van der Waals surface area contributed by atoms with Crippen molar-refractivity contribution in [3.63, 3.8) is 0 Å². The molecule has 28 heavy (non-hydrogen) atoms. The molecule has 5 heteroatoms. The van der Waals surface area contributed by atoms with Crippen LogP contribution in [0.4, 0.5) is 0 Å². The number of hydrogen-bond donors (Lipinski definition) is 0. The van der Waals surface area contributed by atoms with Crippen LogP contribution in [0.3, 0.4) is 0 Å². The number of ether oxygens (including phenoxy) is 2. The van der Waals surface area contributed by atoms with E-state index in [4.69, 9.17) is 9.47 Å². The van der Waals surface area contributed by atoms with E-state index in [9.17, 15) is 14.4 Å². The van der Waals surface area contributed by atoms with Crippen LogP contribution in [0.1, 0.15) is 46.0 Å². The zero-order valence-electron chi connectivity index (χ0n) is 16.6. The summed E-state index contributed by atoms with van der Waals surface area (Å²) in [5.74, 6) is -0.600. The number of aldehydes is 1. The number of hydrogen-bond acceptors (Lipinski definition) is 5. The van der Waals surface area contributed by atoms with Crippen molar-refractivity contribution >= 4 is 18.0 Å². The number of ketones is 1. The van der Waals surface area contributed by atoms with Crippen molar-refractivity contribution in [1.29, 1.82) is 0 Å². The van der Waals surface area contributed by atoms with E-state index in [0.29, 0.717) is 19.1 Å². The van der Waals surface area contributed by atoms with Gasteiger partial charge in [0.05, 0.1) is 12.2 Å². The van der Waals surface area contributed by atoms with E-state index >= 15 is 0 Å². The molecule has 150 valence electrons. The van der Waals surface area contributed by atoms with Crippen molar-refractivity contribution < 1.29 is 23.9 Å². The van der Waals surface area contributed by atoms with Gasteiger partial charge in [-0.15, -0.1) is 0 Å². The summed E-state index contributed by atoms with van der Waals surface area (Å²) >= 11 is 0. The predicted molar refractivity (Wildman–Crippen MR) is 108 cm³/mol. The fraction of sp³-hybridized carbons (Fsp3) is 0.435. The van der Waals surface area contributed by atoms with Crippen LogP contribution in [0.15, 0.2) is 59.8 Å². The van der Waals surface area contributed by atoms with E-state index < -0.39 is 12.1 Å². The average molecular weight is 384 g/mol. The molecule has 2 rings (SSSR count). The Balaban J connectivity index is 2.22. The Morgan fingerprint density at radius 1 is 1.11 bits per heavy atom. The zero-order chi connectivity index (χ0) is 20.5. The largest absolute Gasteiger partial charge is 0.451 e. The van der Waals surface area contributed by atoms with Crippen LogP contribution in [-0.4, -0.2) is 36.4 Å². The molecule has 0 N–H and O–H groups in total. The van der Waals surface area contributed by atoms with E-state index in [2.05, 4.69) is 6.58 Å². The maximum Gasteiger partial charge on any atom is 0.331 e. The van der Waals surface area contributed by atoms with Gasteiger partial charge in [0, 0.05) is 18.9 Å². The Labute approximate surface area is 166 Å². The summed E-state index contributed by atoms with van der Waals surface area (Å²) in [4.78, 5) is 35.3. The lowest BCUT2D eigenvalue weighted by molar-refractivity contribution is -0.146. The maximum absolute atomic E-state index is 12.1. The molecule has 1 saturated heterocycles. The summed E-state index contributed by atoms with van der Waals surface area (Å²) in [6.45, 7) is 7.81. The first-order valence-corrected chi connectivity index (χ1v) is 9.54. The third-order valence-electron chi connectivity index (χ3n) is 4.56. The van der Waals surface area contributed by atoms with Gasteiger partial charge in [-0.1, -0.05) is 47.6 Å². The summed E-state index contributed by atoms with van der Waals surface area (Å²) in [5.41, 5.74) is 2.84. The summed E-state index contributed by atoms with van der Waals surface area (Å²) < 4.78 is 11.3. The first-order valence-electron chi connectivity index (χ1n) is 9.54. The molecule has 3 unspecified atom stereocenters. The van der Waals surface area contributed by atoms with E-state index in [1.54, 1.807) is 12.2 Å². The molecule has 0 aromatic heterocycles. The molecule has 1 fully saturated rings. The zero-order valence-corrected chi connectivity index (χ0v) is 16.6. The van der Waals surface area contributed by atoms with Crippen LogP contribution in [0.2, 0.25) is 0 Å². The molecule has 2 aliphatic heterocycles. The minimum absolute atomic E-state index is 0.00575. The van der Waals surface area contributed by atoms with Crippen LogP contribution in [0, 0.1) is 0 Å². The van der Waals surface area contributed by atoms with Crippen molar-refractivity contribution in [3.8, 4) is 0 Å². The number of carbonyl (C=O) groups is 3. The third kappa shape index (κ3) is 7.61. The Kier molecular flexibility index (Phi) is 8.33. The lowest BCUT2D eigenvalue weighted by atomic mass is 9.95. The van der Waals surface area contributed by atoms with Gasteiger partial charge in [-0.25, -0.2) is 4.79 Å². The number of allylic oxidation sites excluding steroid dienone is 4. The van der Waals surface area contributed by atoms with Gasteiger partial charge in [-0.05, 0) is 39.2 Å². The second kappa shape index (κ2) is 10.7. The SMILES string of the molecule is C=C1CC2C=C(C)CC(C=O)OC(=O)C=CC=C(C)CC(=O)C=CCC(C1)O2. The normalized spacial score (nSPS) is 27.9. The van der Waals surface area contributed by atoms with Gasteiger partial charge in [0.25, 0.3) is 0 Å². The van der Waals surface area contributed by atoms with E-state index in [1.165, 1.54) is 12.2 Å². The molecular weight excluding hydrogens is 356 g/mol. The second-order valence-corrected chi connectivity index (χ2v) is 7.44. The average Bonchev–Trinajstić information content (AvgIpc) is 2.59. The van der Waals surface area contributed by atoms with Crippen LogP contribution >= 0.6 is 0 Å². The van der Waals surface area contributed by atoms with E-state index in [0.717, 1.165) is 29.6 Å². The van der Waals surface area contributed by atoms with Crippen molar-refractivity contribution in [3.05, 3.63) is 59.8 Å². The fourth-order valence-corrected chi connectivity index (χ4v) is 3.31. The first-order chi connectivity index (χ1) is 13.4. The Bertz CT molecular complexity index is 738. The molecule has 0 radical (unpaired) electrons. The van der Waals surface area contributed by atoms with Crippen molar-refractivity contribution in [2.45, 2.75) is 64.3 Å². The molecule has 0 amide bonds. The van der Waals surface area contributed by atoms with Crippen LogP contribution < -0.4 is 0 Å². The smallest absolute Gasteiger partial charge is 0.331 e. The minimum Gasteiger partial charge on any atom is -0.451 e. The monoisotopic (exact) mass is 384 g/mol. The molecular formula is C23H28O5. The highest BCUT2D eigenvalue weighted by atomic mass is 16.5. The van der Waals surface area contributed by atoms with Crippen molar-refractivity contribution in [1.82, 2.24) is 0 Å². The topological polar surface area (TPSA) is 69.7 Å². The Hall–Kier alpha value is -2.53. The van der Waals surface area contributed by atoms with Crippen molar-refractivity contribution in [2.24, 2.45) is 0 Å². The summed E-state index contributed by atoms with van der Waals surface area (Å²) in [6, 6.07) is 0. The molecule has 0 spiro atoms. The Morgan fingerprint density at radius 3 is 2.64 bits per heavy atom. The van der Waals surface area contributed by atoms with Crippen LogP contribution in [-0.2, 0) is 23.9 Å². The van der Waals surface area contributed by atoms with Gasteiger partial charge in [-0.2, -0.15) is 0 Å². The number of cyclic esters (lactones) is 1. The standard InChI is InChI=1S/C23H28O5/c1-16-6-4-9-23(26)28-22(15-24)14-18(3)13-21-12-17(2)11-20(27-21)8-5-7-19(25)10-16/h4-7,9,13,15,20-22H,2,8,10-12,14H2,1,3H3. The van der Waals surface area contributed by atoms with Crippen LogP contribution in [0.5, 0.6) is 0 Å². The Morgan fingerprint density at radius 2 is 1.89 bits per heavy atom. The van der Waals surface area contributed by atoms with E-state index in [1.807, 2.05) is 26.0 Å². The first kappa shape index (κ1) is 21.8. The molecule has 2 bridgehead atoms. The quantitative estimate of drug-likeness (QED) is 0.389. The number of rotatable bonds is 1. The number of fused-ring (bicyclic) bond motifs is 2. The second-order valence-electron chi connectivity index (χ2n) is 7.44. The molecule has 0 saturated carbocycles. The molecule has 5 nitrogen and oxygen atoms in total. The lowest BCUT2D eigenvalue weighted by Gasteiger charge is -2.30. The highest BCUT2D eigenvalue weighted by molar-refractivity contribution is 5.91. The van der Waals surface area contributed by atoms with E-state index in [-0.39, 0.29) is 24.4 Å². The van der Waals surface area contributed by atoms with Crippen LogP contribution in [0.25, 0.3) is 0 Å². The molecule has 0 aromatic rings. The molecule has 2 heterocycles. The van der Waals surface area contributed by atoms with Gasteiger partial charge in [0.15, 0.2) is 18.2 Å². The minimum atomic E-state index is -0.843. The van der Waals surface area contributed by atoms with Gasteiger partial charge >= 0.3 is 5.97 Å². The molecule has 3 atom stereocenters. The lowest BCUT2D eigenvalue weighted by Crippen LogP contribution is -2.27. The fourth-order valence-electron chi connectivity index (χ4n) is 3.31. The van der Waals surface area contributed by atoms with Gasteiger partial charge in [0.1, 0.15) is 0 Å². The molecule has 0 aliphatic carbocycles. The summed E-state index contributed by atoms with van der Waals surface area (Å²) in [7, 11) is 0. The maximum atomic E-state index is 12.1. The summed E-state index contributed by atoms with van der Waals surface area (Å²) in [6.07, 6.45) is 12.2. The summed E-state index contributed by atoms with van der Waals surface area (Å²) in [5, 5.41) is 0. The van der Waals surface area contributed by atoms with Gasteiger partial charge in [0.2, 0.25) is 0 Å². The molecule has 2 aliphatic rings. The number of esters is 1. The van der Waals surface area contributed by atoms with Crippen molar-refractivity contribution in [2.75, 3.05) is 0 Å². The number of carbonyl (C=O) groups excluding carboxylic acids is 3. The molecule has 0 aromatic carbocycles. The third-order valence-corrected chi connectivity index (χ3v) is 4.56. The highest BCUT2D eigenvalue weighted by Gasteiger charge is 2.23. The van der Waals surface area contributed by atoms with Gasteiger partial charge < -0.3 is 9.47 Å². The highest BCUT2D eigenvalue weighted by Crippen LogP contribution is 2.27. The van der Waals surface area contributed by atoms with Gasteiger partial charge in [-0.3, -0.25) is 9.59 Å².